The Morgan fingerprint density at radius 1 is 1.69 bits per heavy atom. The lowest BCUT2D eigenvalue weighted by Crippen LogP contribution is -2.29. The van der Waals surface area contributed by atoms with Gasteiger partial charge in [-0.3, -0.25) is 10.2 Å². The van der Waals surface area contributed by atoms with Crippen LogP contribution in [0.4, 0.5) is 0 Å². The first-order valence-corrected chi connectivity index (χ1v) is 6.19. The van der Waals surface area contributed by atoms with Gasteiger partial charge in [-0.1, -0.05) is 6.92 Å². The molecule has 0 radical (unpaired) electrons. The number of furan rings is 1. The highest BCUT2D eigenvalue weighted by molar-refractivity contribution is 7.98. The number of hydrazine groups is 1. The first-order chi connectivity index (χ1) is 7.67. The van der Waals surface area contributed by atoms with Crippen LogP contribution in [0.15, 0.2) is 16.7 Å². The van der Waals surface area contributed by atoms with Crippen molar-refractivity contribution in [2.24, 2.45) is 17.5 Å². The van der Waals surface area contributed by atoms with Crippen molar-refractivity contribution in [3.8, 4) is 0 Å². The van der Waals surface area contributed by atoms with Crippen LogP contribution in [0.2, 0.25) is 0 Å². The third-order valence-electron chi connectivity index (χ3n) is 2.10. The summed E-state index contributed by atoms with van der Waals surface area (Å²) in [5.74, 6) is 7.66. The van der Waals surface area contributed by atoms with Gasteiger partial charge in [0.15, 0.2) is 0 Å². The number of nitrogen functional groups attached to an aromatic ring is 1. The molecule has 0 aromatic carbocycles. The third-order valence-corrected chi connectivity index (χ3v) is 3.39. The first kappa shape index (κ1) is 13.1. The number of carbonyl (C=O) groups excluding carboxylic acids is 1. The van der Waals surface area contributed by atoms with Crippen LogP contribution in [-0.4, -0.2) is 18.2 Å². The van der Waals surface area contributed by atoms with E-state index in [1.54, 1.807) is 17.8 Å². The Bertz CT molecular complexity index is 341. The van der Waals surface area contributed by atoms with Crippen LogP contribution in [0, 0.1) is 5.92 Å². The van der Waals surface area contributed by atoms with E-state index in [-0.39, 0.29) is 5.91 Å². The summed E-state index contributed by atoms with van der Waals surface area (Å²) in [5.41, 5.74) is 8.01. The average Bonchev–Trinajstić information content (AvgIpc) is 2.76. The van der Waals surface area contributed by atoms with Gasteiger partial charge in [0, 0.05) is 0 Å². The Morgan fingerprint density at radius 2 is 2.44 bits per heavy atom. The summed E-state index contributed by atoms with van der Waals surface area (Å²) in [6, 6.07) is 1.70. The van der Waals surface area contributed by atoms with Gasteiger partial charge in [-0.2, -0.15) is 11.8 Å². The Kier molecular flexibility index (Phi) is 5.37. The minimum absolute atomic E-state index is 0.338. The van der Waals surface area contributed by atoms with E-state index in [9.17, 15) is 4.79 Å². The van der Waals surface area contributed by atoms with Crippen LogP contribution >= 0.6 is 11.8 Å². The highest BCUT2D eigenvalue weighted by atomic mass is 32.2. The van der Waals surface area contributed by atoms with Gasteiger partial charge in [0.1, 0.15) is 12.0 Å². The summed E-state index contributed by atoms with van der Waals surface area (Å²) in [4.78, 5) is 11.1. The second-order valence-electron chi connectivity index (χ2n) is 3.63. The van der Waals surface area contributed by atoms with Crippen LogP contribution in [-0.2, 0) is 5.75 Å². The lowest BCUT2D eigenvalue weighted by Gasteiger charge is -2.05. The Morgan fingerprint density at radius 3 is 3.06 bits per heavy atom. The van der Waals surface area contributed by atoms with Crippen molar-refractivity contribution < 1.29 is 9.21 Å². The zero-order valence-corrected chi connectivity index (χ0v) is 10.0. The lowest BCUT2D eigenvalue weighted by atomic mass is 10.2. The molecule has 0 fully saturated rings. The van der Waals surface area contributed by atoms with Gasteiger partial charge in [-0.25, -0.2) is 5.84 Å². The van der Waals surface area contributed by atoms with E-state index < -0.39 is 0 Å². The summed E-state index contributed by atoms with van der Waals surface area (Å²) < 4.78 is 5.23. The van der Waals surface area contributed by atoms with Crippen LogP contribution in [0.25, 0.3) is 0 Å². The normalized spacial score (nSPS) is 12.4. The number of rotatable bonds is 6. The maximum absolute atomic E-state index is 11.1. The molecule has 1 aromatic heterocycles. The van der Waals surface area contributed by atoms with Gasteiger partial charge >= 0.3 is 0 Å². The number of amides is 1. The number of hydrogen-bond donors (Lipinski definition) is 3. The molecule has 16 heavy (non-hydrogen) atoms. The van der Waals surface area contributed by atoms with E-state index in [0.29, 0.717) is 18.0 Å². The Hall–Kier alpha value is -0.980. The predicted octanol–water partition coefficient (Wildman–Crippen LogP) is 0.711. The Labute approximate surface area is 98.9 Å². The predicted molar refractivity (Wildman–Crippen MR) is 64.7 cm³/mol. The number of hydrogen-bond acceptors (Lipinski definition) is 5. The number of nitrogens with one attached hydrogen (secondary N) is 1. The van der Waals surface area contributed by atoms with Crippen molar-refractivity contribution in [2.45, 2.75) is 12.7 Å². The molecular weight excluding hydrogens is 226 g/mol. The van der Waals surface area contributed by atoms with Crippen molar-refractivity contribution >= 4 is 17.7 Å². The monoisotopic (exact) mass is 243 g/mol. The van der Waals surface area contributed by atoms with Gasteiger partial charge in [0.2, 0.25) is 0 Å². The minimum Gasteiger partial charge on any atom is -0.468 e. The molecule has 6 heteroatoms. The van der Waals surface area contributed by atoms with Crippen LogP contribution in [0.3, 0.4) is 0 Å². The summed E-state index contributed by atoms with van der Waals surface area (Å²) in [7, 11) is 0. The van der Waals surface area contributed by atoms with E-state index >= 15 is 0 Å². The minimum atomic E-state index is -0.338. The van der Waals surface area contributed by atoms with Crippen LogP contribution in [0.1, 0.15) is 23.0 Å². The second-order valence-corrected chi connectivity index (χ2v) is 4.66. The van der Waals surface area contributed by atoms with E-state index in [0.717, 1.165) is 17.3 Å². The summed E-state index contributed by atoms with van der Waals surface area (Å²) in [6.45, 7) is 2.79. The number of carbonyl (C=O) groups is 1. The fourth-order valence-electron chi connectivity index (χ4n) is 1.09. The number of thioether (sulfide) groups is 1. The molecule has 1 heterocycles. The molecule has 90 valence electrons. The van der Waals surface area contributed by atoms with E-state index in [4.69, 9.17) is 16.0 Å². The molecule has 5 N–H and O–H groups in total. The number of nitrogens with two attached hydrogens (primary N) is 2. The quantitative estimate of drug-likeness (QED) is 0.388. The molecule has 0 spiro atoms. The van der Waals surface area contributed by atoms with Gasteiger partial charge in [0.05, 0.1) is 11.3 Å². The molecule has 0 aliphatic carbocycles. The molecule has 0 bridgehead atoms. The van der Waals surface area contributed by atoms with Crippen LogP contribution < -0.4 is 17.0 Å². The topological polar surface area (TPSA) is 94.3 Å². The molecule has 1 atom stereocenters. The average molecular weight is 243 g/mol. The molecule has 5 nitrogen and oxygen atoms in total. The molecule has 0 aliphatic rings. The summed E-state index contributed by atoms with van der Waals surface area (Å²) in [5, 5.41) is 0. The maximum Gasteiger partial charge on any atom is 0.268 e. The second kappa shape index (κ2) is 6.57. The molecule has 0 saturated heterocycles. The van der Waals surface area contributed by atoms with Gasteiger partial charge < -0.3 is 10.2 Å². The zero-order valence-electron chi connectivity index (χ0n) is 9.23. The largest absolute Gasteiger partial charge is 0.468 e. The first-order valence-electron chi connectivity index (χ1n) is 5.03. The highest BCUT2D eigenvalue weighted by Gasteiger charge is 2.09. The van der Waals surface area contributed by atoms with Crippen molar-refractivity contribution in [1.82, 2.24) is 5.43 Å². The zero-order chi connectivity index (χ0) is 12.0. The fourth-order valence-corrected chi connectivity index (χ4v) is 2.10. The molecule has 0 aliphatic heterocycles. The summed E-state index contributed by atoms with van der Waals surface area (Å²) in [6.07, 6.45) is 1.41. The van der Waals surface area contributed by atoms with Crippen molar-refractivity contribution in [2.75, 3.05) is 12.3 Å². The van der Waals surface area contributed by atoms with Crippen molar-refractivity contribution in [1.29, 1.82) is 0 Å². The van der Waals surface area contributed by atoms with E-state index in [1.807, 2.05) is 0 Å². The molecule has 1 amide bonds. The van der Waals surface area contributed by atoms with Gasteiger partial charge in [0.25, 0.3) is 5.91 Å². The molecule has 1 unspecified atom stereocenters. The highest BCUT2D eigenvalue weighted by Crippen LogP contribution is 2.17. The third kappa shape index (κ3) is 3.88. The SMILES string of the molecule is CC(CN)CSCc1cc(C(=O)NN)co1. The maximum atomic E-state index is 11.1. The van der Waals surface area contributed by atoms with E-state index in [2.05, 4.69) is 12.3 Å². The van der Waals surface area contributed by atoms with Gasteiger partial charge in [-0.05, 0) is 24.3 Å². The smallest absolute Gasteiger partial charge is 0.268 e. The molecule has 0 saturated carbocycles. The van der Waals surface area contributed by atoms with Crippen LogP contribution in [0.5, 0.6) is 0 Å². The summed E-state index contributed by atoms with van der Waals surface area (Å²) >= 11 is 1.73. The molecular formula is C10H17N3O2S. The van der Waals surface area contributed by atoms with E-state index in [1.165, 1.54) is 6.26 Å². The standard InChI is InChI=1S/C10H17N3O2S/c1-7(3-11)5-16-6-9-2-8(4-15-9)10(14)13-12/h2,4,7H,3,5-6,11-12H2,1H3,(H,13,14). The lowest BCUT2D eigenvalue weighted by molar-refractivity contribution is 0.0953. The molecule has 1 rings (SSSR count). The van der Waals surface area contributed by atoms with Crippen molar-refractivity contribution in [3.05, 3.63) is 23.7 Å². The van der Waals surface area contributed by atoms with Crippen molar-refractivity contribution in [3.63, 3.8) is 0 Å². The fraction of sp³-hybridized carbons (Fsp3) is 0.500. The van der Waals surface area contributed by atoms with Gasteiger partial charge in [-0.15, -0.1) is 0 Å². The Balaban J connectivity index is 2.38. The molecule has 1 aromatic rings.